The lowest BCUT2D eigenvalue weighted by atomic mass is 9.93. The molecule has 0 aromatic rings. The molecule has 0 heterocycles. The Hall–Kier alpha value is -1.08. The van der Waals surface area contributed by atoms with Gasteiger partial charge in [-0.1, -0.05) is 40.7 Å². The molecular weight excluding hydrogens is 327 g/mol. The van der Waals surface area contributed by atoms with E-state index < -0.39 is 23.7 Å². The molecule has 0 saturated heterocycles. The molecule has 0 aliphatic carbocycles. The number of amides is 1. The highest BCUT2D eigenvalue weighted by atomic mass is 79.9. The van der Waals surface area contributed by atoms with Gasteiger partial charge < -0.3 is 10.4 Å². The first-order valence-electron chi connectivity index (χ1n) is 5.26. The fourth-order valence-electron chi connectivity index (χ4n) is 1.14. The van der Waals surface area contributed by atoms with Crippen LogP contribution in [-0.4, -0.2) is 28.8 Å². The summed E-state index contributed by atoms with van der Waals surface area (Å²) in [6.07, 6.45) is -1.02. The van der Waals surface area contributed by atoms with Crippen molar-refractivity contribution in [3.05, 3.63) is 35.9 Å². The van der Waals surface area contributed by atoms with E-state index in [9.17, 15) is 23.1 Å². The molecule has 0 aliphatic heterocycles. The van der Waals surface area contributed by atoms with Crippen LogP contribution in [0.4, 0.5) is 13.2 Å². The fourth-order valence-corrected chi connectivity index (χ4v) is 1.33. The average Bonchev–Trinajstić information content (AvgIpc) is 2.31. The lowest BCUT2D eigenvalue weighted by Crippen LogP contribution is -2.53. The van der Waals surface area contributed by atoms with E-state index in [0.29, 0.717) is 4.48 Å². The number of rotatable bonds is 6. The molecule has 0 saturated carbocycles. The van der Waals surface area contributed by atoms with Crippen LogP contribution in [0.5, 0.6) is 0 Å². The molecule has 0 fully saturated rings. The van der Waals surface area contributed by atoms with Crippen molar-refractivity contribution in [2.24, 2.45) is 0 Å². The van der Waals surface area contributed by atoms with Gasteiger partial charge in [-0.25, -0.2) is 0 Å². The maximum absolute atomic E-state index is 12.2. The van der Waals surface area contributed by atoms with Crippen LogP contribution < -0.4 is 5.32 Å². The second-order valence-corrected chi connectivity index (χ2v) is 4.90. The summed E-state index contributed by atoms with van der Waals surface area (Å²) in [5, 5.41) is 11.7. The van der Waals surface area contributed by atoms with Crippen LogP contribution in [-0.2, 0) is 4.79 Å². The van der Waals surface area contributed by atoms with Crippen molar-refractivity contribution in [2.45, 2.75) is 31.2 Å². The van der Waals surface area contributed by atoms with Gasteiger partial charge in [0.2, 0.25) is 0 Å². The number of hydrogen-bond donors (Lipinski definition) is 2. The Morgan fingerprint density at radius 2 is 2.00 bits per heavy atom. The minimum atomic E-state index is -5.01. The molecule has 3 nitrogen and oxygen atoms in total. The van der Waals surface area contributed by atoms with E-state index in [-0.39, 0.29) is 6.42 Å². The van der Waals surface area contributed by atoms with Gasteiger partial charge in [-0.15, -0.1) is 6.58 Å². The minimum absolute atomic E-state index is 0.0204. The zero-order valence-electron chi connectivity index (χ0n) is 10.3. The van der Waals surface area contributed by atoms with Crippen molar-refractivity contribution >= 4 is 21.8 Å². The molecule has 7 heteroatoms. The molecule has 0 rings (SSSR count). The summed E-state index contributed by atoms with van der Waals surface area (Å²) in [6, 6.07) is -1.16. The summed E-state index contributed by atoms with van der Waals surface area (Å²) in [4.78, 5) is 10.9. The maximum atomic E-state index is 12.2. The van der Waals surface area contributed by atoms with E-state index in [1.807, 2.05) is 0 Å². The van der Waals surface area contributed by atoms with Gasteiger partial charge in [0, 0.05) is 4.48 Å². The summed E-state index contributed by atoms with van der Waals surface area (Å²) >= 11 is 3.10. The lowest BCUT2D eigenvalue weighted by molar-refractivity contribution is -0.175. The Labute approximate surface area is 118 Å². The van der Waals surface area contributed by atoms with Crippen molar-refractivity contribution in [1.29, 1.82) is 0 Å². The van der Waals surface area contributed by atoms with Gasteiger partial charge in [-0.05, 0) is 13.3 Å². The van der Waals surface area contributed by atoms with Crippen molar-refractivity contribution in [2.75, 3.05) is 0 Å². The van der Waals surface area contributed by atoms with E-state index in [1.54, 1.807) is 5.32 Å². The predicted molar refractivity (Wildman–Crippen MR) is 70.6 cm³/mol. The van der Waals surface area contributed by atoms with E-state index in [0.717, 1.165) is 6.08 Å². The molecule has 0 bridgehead atoms. The smallest absolute Gasteiger partial charge is 0.384 e. The van der Waals surface area contributed by atoms with Crippen molar-refractivity contribution in [3.63, 3.8) is 0 Å². The average molecular weight is 342 g/mol. The largest absolute Gasteiger partial charge is 0.471 e. The molecule has 0 radical (unpaired) electrons. The molecule has 2 N–H and O–H groups in total. The van der Waals surface area contributed by atoms with Gasteiger partial charge in [0.05, 0.1) is 6.04 Å². The van der Waals surface area contributed by atoms with E-state index in [1.165, 1.54) is 19.1 Å². The highest BCUT2D eigenvalue weighted by molar-refractivity contribution is 9.11. The number of allylic oxidation sites excluding steroid dienone is 2. The number of alkyl halides is 3. The third-order valence-corrected chi connectivity index (χ3v) is 3.07. The SMILES string of the molecule is C=C/C(Br)=C\CC(NC(=O)C(F)(F)F)C(C)(O)C=C. The van der Waals surface area contributed by atoms with Crippen LogP contribution >= 0.6 is 15.9 Å². The molecule has 1 amide bonds. The third kappa shape index (κ3) is 6.07. The summed E-state index contributed by atoms with van der Waals surface area (Å²) in [6.45, 7) is 8.05. The maximum Gasteiger partial charge on any atom is 0.471 e. The monoisotopic (exact) mass is 341 g/mol. The summed E-state index contributed by atoms with van der Waals surface area (Å²) in [5.74, 6) is -2.11. The van der Waals surface area contributed by atoms with Crippen LogP contribution in [0, 0.1) is 0 Å². The molecule has 0 aromatic heterocycles. The van der Waals surface area contributed by atoms with Crippen molar-refractivity contribution in [1.82, 2.24) is 5.32 Å². The molecule has 0 aliphatic rings. The first-order chi connectivity index (χ1) is 8.54. The van der Waals surface area contributed by atoms with Gasteiger partial charge >= 0.3 is 12.1 Å². The quantitative estimate of drug-likeness (QED) is 0.576. The first-order valence-corrected chi connectivity index (χ1v) is 6.05. The van der Waals surface area contributed by atoms with Gasteiger partial charge in [-0.2, -0.15) is 13.2 Å². The highest BCUT2D eigenvalue weighted by Gasteiger charge is 2.42. The van der Waals surface area contributed by atoms with Crippen LogP contribution in [0.15, 0.2) is 35.9 Å². The predicted octanol–water partition coefficient (Wildman–Crippen LogP) is 2.83. The zero-order chi connectivity index (χ0) is 15.3. The number of aliphatic hydroxyl groups is 1. The van der Waals surface area contributed by atoms with Gasteiger partial charge in [0.15, 0.2) is 0 Å². The third-order valence-electron chi connectivity index (χ3n) is 2.43. The zero-order valence-corrected chi connectivity index (χ0v) is 11.9. The van der Waals surface area contributed by atoms with Gasteiger partial charge in [0.25, 0.3) is 0 Å². The molecule has 2 atom stereocenters. The number of hydrogen-bond acceptors (Lipinski definition) is 2. The topological polar surface area (TPSA) is 49.3 Å². The van der Waals surface area contributed by atoms with E-state index >= 15 is 0 Å². The Morgan fingerprint density at radius 3 is 2.37 bits per heavy atom. The van der Waals surface area contributed by atoms with Crippen LogP contribution in [0.25, 0.3) is 0 Å². The van der Waals surface area contributed by atoms with Crippen molar-refractivity contribution < 1.29 is 23.1 Å². The highest BCUT2D eigenvalue weighted by Crippen LogP contribution is 2.21. The molecule has 19 heavy (non-hydrogen) atoms. The fraction of sp³-hybridized carbons (Fsp3) is 0.417. The number of carbonyl (C=O) groups is 1. The Kier molecular flexibility index (Phi) is 6.51. The van der Waals surface area contributed by atoms with Crippen LogP contribution in [0.1, 0.15) is 13.3 Å². The molecule has 2 unspecified atom stereocenters. The Balaban J connectivity index is 5.04. The minimum Gasteiger partial charge on any atom is -0.384 e. The lowest BCUT2D eigenvalue weighted by Gasteiger charge is -2.30. The summed E-state index contributed by atoms with van der Waals surface area (Å²) < 4.78 is 37.2. The van der Waals surface area contributed by atoms with E-state index in [4.69, 9.17) is 0 Å². The van der Waals surface area contributed by atoms with E-state index in [2.05, 4.69) is 29.1 Å². The Bertz CT molecular complexity index is 389. The van der Waals surface area contributed by atoms with Gasteiger partial charge in [0.1, 0.15) is 5.60 Å². The first kappa shape index (κ1) is 17.9. The second kappa shape index (κ2) is 6.91. The van der Waals surface area contributed by atoms with Crippen LogP contribution in [0.2, 0.25) is 0 Å². The molecular formula is C12H15BrF3NO2. The molecule has 0 aromatic carbocycles. The summed E-state index contributed by atoms with van der Waals surface area (Å²) in [5.41, 5.74) is -1.67. The normalized spacial score (nSPS) is 17.3. The van der Waals surface area contributed by atoms with Crippen LogP contribution in [0.3, 0.4) is 0 Å². The summed E-state index contributed by atoms with van der Waals surface area (Å²) in [7, 11) is 0. The molecule has 0 spiro atoms. The molecule has 108 valence electrons. The van der Waals surface area contributed by atoms with Gasteiger partial charge in [-0.3, -0.25) is 4.79 Å². The van der Waals surface area contributed by atoms with Crippen molar-refractivity contribution in [3.8, 4) is 0 Å². The number of halogens is 4. The Morgan fingerprint density at radius 1 is 1.47 bits per heavy atom. The number of carbonyl (C=O) groups excluding carboxylic acids is 1. The number of nitrogens with one attached hydrogen (secondary N) is 1. The standard InChI is InChI=1S/C12H15BrF3NO2/c1-4-8(13)6-7-9(11(3,19)5-2)17-10(18)12(14,15)16/h4-6,9,19H,1-2,7H2,3H3,(H,17,18)/b8-6+. The second-order valence-electron chi connectivity index (χ2n) is 3.98.